The Morgan fingerprint density at radius 3 is 2.56 bits per heavy atom. The number of aliphatic hydroxyl groups excluding tert-OH is 2. The smallest absolute Gasteiger partial charge is 0.183 e. The summed E-state index contributed by atoms with van der Waals surface area (Å²) in [6, 6.07) is 0. The van der Waals surface area contributed by atoms with Gasteiger partial charge in [0.2, 0.25) is 0 Å². The lowest BCUT2D eigenvalue weighted by atomic mass is 10.0. The van der Waals surface area contributed by atoms with E-state index < -0.39 is 24.6 Å². The Kier molecular flexibility index (Phi) is 4.16. The zero-order valence-electron chi connectivity index (χ0n) is 9.54. The Labute approximate surface area is 95.3 Å². The summed E-state index contributed by atoms with van der Waals surface area (Å²) in [5, 5.41) is 19.5. The average molecular weight is 232 g/mol. The Hall–Kier alpha value is -0.200. The third-order valence-electron chi connectivity index (χ3n) is 3.17. The van der Waals surface area contributed by atoms with E-state index in [4.69, 9.17) is 14.2 Å². The highest BCUT2D eigenvalue weighted by Gasteiger charge is 2.36. The molecular weight excluding hydrogens is 212 g/mol. The second-order valence-corrected chi connectivity index (χ2v) is 4.48. The van der Waals surface area contributed by atoms with Crippen molar-refractivity contribution in [3.8, 4) is 0 Å². The van der Waals surface area contributed by atoms with E-state index in [2.05, 4.69) is 0 Å². The Morgan fingerprint density at radius 1 is 1.06 bits per heavy atom. The van der Waals surface area contributed by atoms with E-state index in [-0.39, 0.29) is 6.10 Å². The summed E-state index contributed by atoms with van der Waals surface area (Å²) >= 11 is 0. The van der Waals surface area contributed by atoms with Crippen LogP contribution in [0.1, 0.15) is 26.2 Å². The highest BCUT2D eigenvalue weighted by atomic mass is 16.7. The van der Waals surface area contributed by atoms with Gasteiger partial charge in [-0.2, -0.15) is 0 Å². The zero-order valence-corrected chi connectivity index (χ0v) is 9.54. The first-order valence-electron chi connectivity index (χ1n) is 5.93. The average Bonchev–Trinajstić information content (AvgIpc) is 2.26. The Balaban J connectivity index is 1.90. The van der Waals surface area contributed by atoms with Crippen LogP contribution in [0.25, 0.3) is 0 Å². The molecule has 0 bridgehead atoms. The van der Waals surface area contributed by atoms with Crippen molar-refractivity contribution in [2.75, 3.05) is 13.2 Å². The standard InChI is InChI=1S/C11H20O5/c1-7-10(8(12)4-6-14-7)16-11-9(13)3-2-5-15-11/h7-13H,2-6H2,1H3/t7-,8-,9-,10-,11+/m1/s1. The van der Waals surface area contributed by atoms with Gasteiger partial charge in [-0.05, 0) is 26.2 Å². The second kappa shape index (κ2) is 5.42. The van der Waals surface area contributed by atoms with Gasteiger partial charge in [0, 0.05) is 13.2 Å². The largest absolute Gasteiger partial charge is 0.390 e. The summed E-state index contributed by atoms with van der Waals surface area (Å²) in [6.45, 7) is 3.01. The fourth-order valence-corrected chi connectivity index (χ4v) is 2.17. The van der Waals surface area contributed by atoms with E-state index in [1.165, 1.54) is 0 Å². The van der Waals surface area contributed by atoms with Crippen molar-refractivity contribution < 1.29 is 24.4 Å². The number of hydrogen-bond acceptors (Lipinski definition) is 5. The van der Waals surface area contributed by atoms with Crippen LogP contribution in [0.4, 0.5) is 0 Å². The molecule has 2 heterocycles. The maximum atomic E-state index is 9.81. The molecule has 5 nitrogen and oxygen atoms in total. The zero-order chi connectivity index (χ0) is 11.5. The number of aliphatic hydroxyl groups is 2. The van der Waals surface area contributed by atoms with Crippen molar-refractivity contribution in [3.05, 3.63) is 0 Å². The summed E-state index contributed by atoms with van der Waals surface area (Å²) in [7, 11) is 0. The van der Waals surface area contributed by atoms with E-state index >= 15 is 0 Å². The molecule has 5 heteroatoms. The van der Waals surface area contributed by atoms with Gasteiger partial charge in [0.15, 0.2) is 6.29 Å². The first-order chi connectivity index (χ1) is 7.68. The second-order valence-electron chi connectivity index (χ2n) is 4.48. The SMILES string of the molecule is C[C@H]1OCC[C@@H](O)[C@@H]1O[C@@H]1OCCC[C@H]1O. The molecule has 0 saturated carbocycles. The molecule has 0 aromatic rings. The molecule has 94 valence electrons. The molecule has 0 amide bonds. The molecule has 2 rings (SSSR count). The molecule has 5 atom stereocenters. The van der Waals surface area contributed by atoms with Crippen molar-refractivity contribution in [3.63, 3.8) is 0 Å². The van der Waals surface area contributed by atoms with Crippen LogP contribution in [0.2, 0.25) is 0 Å². The molecule has 16 heavy (non-hydrogen) atoms. The molecule has 2 fully saturated rings. The minimum atomic E-state index is -0.627. The van der Waals surface area contributed by atoms with Gasteiger partial charge in [0.1, 0.15) is 12.2 Å². The predicted octanol–water partition coefficient (Wildman–Crippen LogP) is 0.0387. The van der Waals surface area contributed by atoms with Crippen molar-refractivity contribution in [1.82, 2.24) is 0 Å². The highest BCUT2D eigenvalue weighted by Crippen LogP contribution is 2.23. The van der Waals surface area contributed by atoms with Crippen molar-refractivity contribution in [2.24, 2.45) is 0 Å². The van der Waals surface area contributed by atoms with Crippen LogP contribution in [0, 0.1) is 0 Å². The first kappa shape index (κ1) is 12.3. The third-order valence-corrected chi connectivity index (χ3v) is 3.17. The summed E-state index contributed by atoms with van der Waals surface area (Å²) in [4.78, 5) is 0. The van der Waals surface area contributed by atoms with Crippen molar-refractivity contribution in [1.29, 1.82) is 0 Å². The van der Waals surface area contributed by atoms with Gasteiger partial charge in [-0.1, -0.05) is 0 Å². The molecule has 0 aromatic carbocycles. The monoisotopic (exact) mass is 232 g/mol. The van der Waals surface area contributed by atoms with Crippen LogP contribution in [0.5, 0.6) is 0 Å². The van der Waals surface area contributed by atoms with Crippen LogP contribution in [-0.2, 0) is 14.2 Å². The highest BCUT2D eigenvalue weighted by molar-refractivity contribution is 4.81. The van der Waals surface area contributed by atoms with Crippen LogP contribution >= 0.6 is 0 Å². The maximum Gasteiger partial charge on any atom is 0.183 e. The van der Waals surface area contributed by atoms with E-state index in [0.29, 0.717) is 26.1 Å². The maximum absolute atomic E-state index is 9.81. The molecule has 0 spiro atoms. The molecule has 0 unspecified atom stereocenters. The van der Waals surface area contributed by atoms with E-state index in [9.17, 15) is 10.2 Å². The number of rotatable bonds is 2. The quantitative estimate of drug-likeness (QED) is 0.703. The van der Waals surface area contributed by atoms with Gasteiger partial charge < -0.3 is 24.4 Å². The lowest BCUT2D eigenvalue weighted by molar-refractivity contribution is -0.273. The van der Waals surface area contributed by atoms with Gasteiger partial charge in [0.25, 0.3) is 0 Å². The molecule has 2 aliphatic heterocycles. The normalized spacial score (nSPS) is 45.6. The molecule has 0 radical (unpaired) electrons. The van der Waals surface area contributed by atoms with Crippen LogP contribution in [-0.4, -0.2) is 54.1 Å². The summed E-state index contributed by atoms with van der Waals surface area (Å²) in [5.74, 6) is 0. The summed E-state index contributed by atoms with van der Waals surface area (Å²) in [5.41, 5.74) is 0. The van der Waals surface area contributed by atoms with E-state index in [1.54, 1.807) is 0 Å². The lowest BCUT2D eigenvalue weighted by Gasteiger charge is -2.38. The van der Waals surface area contributed by atoms with Gasteiger partial charge in [-0.25, -0.2) is 0 Å². The van der Waals surface area contributed by atoms with Crippen LogP contribution in [0.3, 0.4) is 0 Å². The van der Waals surface area contributed by atoms with E-state index in [1.807, 2.05) is 6.92 Å². The van der Waals surface area contributed by atoms with E-state index in [0.717, 1.165) is 6.42 Å². The van der Waals surface area contributed by atoms with Crippen molar-refractivity contribution in [2.45, 2.75) is 56.9 Å². The number of ether oxygens (including phenoxy) is 3. The minimum Gasteiger partial charge on any atom is -0.390 e. The molecular formula is C11H20O5. The molecule has 2 aliphatic rings. The number of hydrogen-bond donors (Lipinski definition) is 2. The van der Waals surface area contributed by atoms with Crippen LogP contribution < -0.4 is 0 Å². The summed E-state index contributed by atoms with van der Waals surface area (Å²) in [6.07, 6.45) is -0.247. The molecule has 2 N–H and O–H groups in total. The van der Waals surface area contributed by atoms with Gasteiger partial charge in [0.05, 0.1) is 12.2 Å². The fourth-order valence-electron chi connectivity index (χ4n) is 2.17. The molecule has 2 saturated heterocycles. The lowest BCUT2D eigenvalue weighted by Crippen LogP contribution is -2.50. The molecule has 0 aromatic heterocycles. The Bertz CT molecular complexity index is 212. The fraction of sp³-hybridized carbons (Fsp3) is 1.00. The van der Waals surface area contributed by atoms with Crippen molar-refractivity contribution >= 4 is 0 Å². The van der Waals surface area contributed by atoms with Gasteiger partial charge in [-0.3, -0.25) is 0 Å². The minimum absolute atomic E-state index is 0.165. The topological polar surface area (TPSA) is 68.2 Å². The predicted molar refractivity (Wildman–Crippen MR) is 55.9 cm³/mol. The first-order valence-corrected chi connectivity index (χ1v) is 5.93. The van der Waals surface area contributed by atoms with Gasteiger partial charge in [-0.15, -0.1) is 0 Å². The van der Waals surface area contributed by atoms with Gasteiger partial charge >= 0.3 is 0 Å². The molecule has 0 aliphatic carbocycles. The third kappa shape index (κ3) is 2.73. The Morgan fingerprint density at radius 2 is 1.88 bits per heavy atom. The van der Waals surface area contributed by atoms with Crippen LogP contribution in [0.15, 0.2) is 0 Å². The summed E-state index contributed by atoms with van der Waals surface area (Å²) < 4.78 is 16.4.